The highest BCUT2D eigenvalue weighted by atomic mass is 28.2. The Morgan fingerprint density at radius 1 is 1.38 bits per heavy atom. The van der Waals surface area contributed by atoms with Gasteiger partial charge in [-0.1, -0.05) is 6.58 Å². The molecule has 0 N–H and O–H groups in total. The van der Waals surface area contributed by atoms with Gasteiger partial charge in [0.05, 0.1) is 0 Å². The average Bonchev–Trinajstić information content (AvgIpc) is 2.16. The molecule has 0 amide bonds. The molecule has 0 aliphatic heterocycles. The summed E-state index contributed by atoms with van der Waals surface area (Å²) in [4.78, 5) is 11.5. The smallest absolute Gasteiger partial charge is 0.333 e. The van der Waals surface area contributed by atoms with Crippen LogP contribution in [0, 0.1) is 0 Å². The van der Waals surface area contributed by atoms with Crippen LogP contribution >= 0.6 is 0 Å². The van der Waals surface area contributed by atoms with E-state index < -0.39 is 17.4 Å². The Balaban J connectivity index is 4.86. The third kappa shape index (κ3) is 3.43. The molecule has 0 aromatic heterocycles. The van der Waals surface area contributed by atoms with Crippen LogP contribution in [-0.2, 0) is 18.7 Å². The molecule has 0 heterocycles. The molecule has 0 aromatic carbocycles. The Hall–Kier alpha value is -0.653. The van der Waals surface area contributed by atoms with Gasteiger partial charge in [0.25, 0.3) is 0 Å². The summed E-state index contributed by atoms with van der Waals surface area (Å²) >= 11 is 0. The van der Waals surface area contributed by atoms with Crippen molar-refractivity contribution in [2.45, 2.75) is 46.0 Å². The fourth-order valence-corrected chi connectivity index (χ4v) is 1.77. The molecule has 94 valence electrons. The first kappa shape index (κ1) is 15.3. The average molecular weight is 246 g/mol. The van der Waals surface area contributed by atoms with Gasteiger partial charge in [0.15, 0.2) is 11.4 Å². The van der Waals surface area contributed by atoms with Crippen LogP contribution in [-0.4, -0.2) is 34.5 Å². The van der Waals surface area contributed by atoms with Gasteiger partial charge in [-0.2, -0.15) is 0 Å². The minimum Gasteiger partial charge on any atom is -0.451 e. The summed E-state index contributed by atoms with van der Waals surface area (Å²) in [7, 11) is 0.500. The van der Waals surface area contributed by atoms with Crippen molar-refractivity contribution >= 4 is 16.5 Å². The van der Waals surface area contributed by atoms with Crippen molar-refractivity contribution in [3.63, 3.8) is 0 Å². The molecule has 0 aliphatic rings. The van der Waals surface area contributed by atoms with E-state index in [9.17, 15) is 4.79 Å². The van der Waals surface area contributed by atoms with E-state index in [1.165, 1.54) is 0 Å². The summed E-state index contributed by atoms with van der Waals surface area (Å²) in [5.74, 6) is -1.35. The van der Waals surface area contributed by atoms with Crippen molar-refractivity contribution in [1.29, 1.82) is 0 Å². The molecule has 0 fully saturated rings. The molecule has 1 unspecified atom stereocenters. The summed E-state index contributed by atoms with van der Waals surface area (Å²) in [6.45, 7) is 12.8. The maximum absolute atomic E-state index is 11.5. The molecule has 5 heteroatoms. The third-order valence-corrected chi connectivity index (χ3v) is 3.38. The molecule has 4 nitrogen and oxygen atoms in total. The predicted molar refractivity (Wildman–Crippen MR) is 66.0 cm³/mol. The van der Waals surface area contributed by atoms with Gasteiger partial charge in [-0.3, -0.25) is 0 Å². The number of hydrogen-bond acceptors (Lipinski definition) is 4. The molecular formula is C11H22O4Si. The van der Waals surface area contributed by atoms with E-state index in [0.29, 0.717) is 22.7 Å². The second-order valence-electron chi connectivity index (χ2n) is 4.26. The van der Waals surface area contributed by atoms with E-state index in [1.807, 2.05) is 6.92 Å². The van der Waals surface area contributed by atoms with Crippen molar-refractivity contribution in [2.75, 3.05) is 6.61 Å². The second-order valence-corrected chi connectivity index (χ2v) is 4.67. The normalized spacial score (nSPS) is 15.6. The van der Waals surface area contributed by atoms with E-state index in [-0.39, 0.29) is 0 Å². The van der Waals surface area contributed by atoms with Gasteiger partial charge in [-0.25, -0.2) is 4.79 Å². The van der Waals surface area contributed by atoms with E-state index in [1.54, 1.807) is 27.7 Å². The van der Waals surface area contributed by atoms with Gasteiger partial charge < -0.3 is 13.9 Å². The molecule has 0 saturated carbocycles. The second kappa shape index (κ2) is 5.61. The summed E-state index contributed by atoms with van der Waals surface area (Å²) in [6.07, 6.45) is 0. The highest BCUT2D eigenvalue weighted by Crippen LogP contribution is 2.30. The molecule has 0 radical (unpaired) electrons. The Morgan fingerprint density at radius 2 is 1.88 bits per heavy atom. The lowest BCUT2D eigenvalue weighted by molar-refractivity contribution is -0.265. The first-order chi connectivity index (χ1) is 7.20. The third-order valence-electron chi connectivity index (χ3n) is 2.60. The molecular weight excluding hydrogens is 224 g/mol. The van der Waals surface area contributed by atoms with Gasteiger partial charge in [-0.15, -0.1) is 0 Å². The predicted octanol–water partition coefficient (Wildman–Crippen LogP) is 0.934. The van der Waals surface area contributed by atoms with Crippen molar-refractivity contribution in [2.24, 2.45) is 0 Å². The lowest BCUT2D eigenvalue weighted by Gasteiger charge is -2.41. The monoisotopic (exact) mass is 246 g/mol. The van der Waals surface area contributed by atoms with E-state index in [2.05, 4.69) is 6.58 Å². The van der Waals surface area contributed by atoms with E-state index in [0.717, 1.165) is 0 Å². The zero-order valence-electron chi connectivity index (χ0n) is 11.0. The maximum Gasteiger partial charge on any atom is 0.333 e. The standard InChI is InChI=1S/C11H22O4Si/c1-7-13-11(6,15-16)10(4,5)14-9(12)8(2)3/h2,7H2,1,3-6,16H3. The van der Waals surface area contributed by atoms with Crippen LogP contribution in [0.25, 0.3) is 0 Å². The lowest BCUT2D eigenvalue weighted by Crippen LogP contribution is -2.54. The van der Waals surface area contributed by atoms with Crippen LogP contribution in [0.3, 0.4) is 0 Å². The largest absolute Gasteiger partial charge is 0.451 e. The van der Waals surface area contributed by atoms with Crippen molar-refractivity contribution in [1.82, 2.24) is 0 Å². The van der Waals surface area contributed by atoms with Crippen LogP contribution in [0.15, 0.2) is 12.2 Å². The first-order valence-electron chi connectivity index (χ1n) is 5.28. The van der Waals surface area contributed by atoms with Gasteiger partial charge in [0.1, 0.15) is 10.5 Å². The molecule has 0 saturated heterocycles. The maximum atomic E-state index is 11.5. The SMILES string of the molecule is C=C(C)C(=O)OC(C)(C)C(C)(O[SiH3])OCC. The fraction of sp³-hybridized carbons (Fsp3) is 0.727. The number of hydrogen-bond donors (Lipinski definition) is 0. The summed E-state index contributed by atoms with van der Waals surface area (Å²) in [6, 6.07) is 0. The minimum absolute atomic E-state index is 0.361. The van der Waals surface area contributed by atoms with E-state index >= 15 is 0 Å². The molecule has 0 bridgehead atoms. The van der Waals surface area contributed by atoms with Crippen LogP contribution < -0.4 is 0 Å². The molecule has 0 aliphatic carbocycles. The number of carbonyl (C=O) groups is 1. The van der Waals surface area contributed by atoms with E-state index in [4.69, 9.17) is 13.9 Å². The van der Waals surface area contributed by atoms with Gasteiger partial charge in [-0.05, 0) is 34.6 Å². The van der Waals surface area contributed by atoms with Crippen LogP contribution in [0.1, 0.15) is 34.6 Å². The Bertz CT molecular complexity index is 275. The molecule has 1 atom stereocenters. The van der Waals surface area contributed by atoms with Gasteiger partial charge in [0.2, 0.25) is 0 Å². The first-order valence-corrected chi connectivity index (χ1v) is 6.09. The van der Waals surface area contributed by atoms with Gasteiger partial charge in [0, 0.05) is 12.2 Å². The van der Waals surface area contributed by atoms with Crippen molar-refractivity contribution in [3.05, 3.63) is 12.2 Å². The number of esters is 1. The Morgan fingerprint density at radius 3 is 2.19 bits per heavy atom. The minimum atomic E-state index is -0.918. The van der Waals surface area contributed by atoms with Gasteiger partial charge >= 0.3 is 5.97 Å². The highest BCUT2D eigenvalue weighted by Gasteiger charge is 2.45. The molecule has 0 spiro atoms. The topological polar surface area (TPSA) is 44.8 Å². The van der Waals surface area contributed by atoms with Crippen LogP contribution in [0.5, 0.6) is 0 Å². The van der Waals surface area contributed by atoms with Crippen molar-refractivity contribution in [3.8, 4) is 0 Å². The lowest BCUT2D eigenvalue weighted by atomic mass is 9.98. The number of ether oxygens (including phenoxy) is 2. The zero-order chi connectivity index (χ0) is 13.0. The van der Waals surface area contributed by atoms with Crippen LogP contribution in [0.2, 0.25) is 0 Å². The Kier molecular flexibility index (Phi) is 5.38. The number of carbonyl (C=O) groups excluding carboxylic acids is 1. The summed E-state index contributed by atoms with van der Waals surface area (Å²) in [5.41, 5.74) is -0.499. The summed E-state index contributed by atoms with van der Waals surface area (Å²) in [5, 5.41) is 0. The zero-order valence-corrected chi connectivity index (χ0v) is 13.0. The molecule has 0 aromatic rings. The molecule has 0 rings (SSSR count). The Labute approximate surface area is 100 Å². The summed E-state index contributed by atoms with van der Waals surface area (Å²) < 4.78 is 16.3. The molecule has 16 heavy (non-hydrogen) atoms. The highest BCUT2D eigenvalue weighted by molar-refractivity contribution is 5.98. The number of rotatable bonds is 6. The fourth-order valence-electron chi connectivity index (χ4n) is 1.17. The van der Waals surface area contributed by atoms with Crippen molar-refractivity contribution < 1.29 is 18.7 Å². The quantitative estimate of drug-likeness (QED) is 0.303. The van der Waals surface area contributed by atoms with Crippen LogP contribution in [0.4, 0.5) is 0 Å².